The summed E-state index contributed by atoms with van der Waals surface area (Å²) in [6.07, 6.45) is 3.72. The molecule has 6 heterocycles. The molecule has 4 aromatic heterocycles. The van der Waals surface area contributed by atoms with Gasteiger partial charge in [-0.05, 0) is 51.4 Å². The first-order valence-corrected chi connectivity index (χ1v) is 14.3. The Morgan fingerprint density at radius 3 is 2.69 bits per heavy atom. The van der Waals surface area contributed by atoms with E-state index in [9.17, 15) is 4.79 Å². The molecule has 0 radical (unpaired) electrons. The van der Waals surface area contributed by atoms with E-state index in [1.165, 1.54) is 5.56 Å². The minimum absolute atomic E-state index is 0.0558. The van der Waals surface area contributed by atoms with Gasteiger partial charge in [0.25, 0.3) is 0 Å². The van der Waals surface area contributed by atoms with Crippen LogP contribution in [0.4, 0.5) is 5.82 Å². The van der Waals surface area contributed by atoms with Gasteiger partial charge in [-0.3, -0.25) is 4.79 Å². The third-order valence-electron chi connectivity index (χ3n) is 7.79. The number of ether oxygens (including phenoxy) is 2. The first-order valence-electron chi connectivity index (χ1n) is 14.3. The van der Waals surface area contributed by atoms with Crippen molar-refractivity contribution in [1.29, 1.82) is 0 Å². The number of carbonyl (C=O) groups excluding carboxylic acids is 1. The largest absolute Gasteiger partial charge is 0.441 e. The smallest absolute Gasteiger partial charge is 0.324 e. The highest BCUT2D eigenvalue weighted by molar-refractivity contribution is 5.76. The minimum Gasteiger partial charge on any atom is -0.441 e. The SMILES string of the molecule is Cc1cccc(-c2ccn(-c3cc(N4CCOCC4)n4nc(-c5cc(C)n(COC(=O)[C@@H]6CCCN6)n5)cc4n3)n2)c1. The van der Waals surface area contributed by atoms with Crippen molar-refractivity contribution in [2.75, 3.05) is 37.7 Å². The van der Waals surface area contributed by atoms with Crippen LogP contribution in [-0.2, 0) is 21.0 Å². The second-order valence-electron chi connectivity index (χ2n) is 10.8. The molecule has 7 rings (SSSR count). The van der Waals surface area contributed by atoms with Crippen LogP contribution in [-0.4, -0.2) is 79.0 Å². The van der Waals surface area contributed by atoms with Gasteiger partial charge in [-0.2, -0.15) is 19.8 Å². The van der Waals surface area contributed by atoms with Crippen LogP contribution in [0.15, 0.2) is 54.7 Å². The molecule has 5 aromatic rings. The van der Waals surface area contributed by atoms with Gasteiger partial charge in [0.2, 0.25) is 0 Å². The van der Waals surface area contributed by atoms with Crippen LogP contribution in [0.3, 0.4) is 0 Å². The molecule has 216 valence electrons. The molecule has 2 saturated heterocycles. The van der Waals surface area contributed by atoms with E-state index in [1.807, 2.05) is 48.0 Å². The van der Waals surface area contributed by atoms with Crippen LogP contribution < -0.4 is 10.2 Å². The Labute approximate surface area is 242 Å². The Kier molecular flexibility index (Phi) is 6.92. The Bertz CT molecular complexity index is 1740. The molecule has 2 aliphatic rings. The maximum atomic E-state index is 12.4. The molecule has 2 fully saturated rings. The van der Waals surface area contributed by atoms with E-state index in [0.29, 0.717) is 36.1 Å². The number of hydrogen-bond acceptors (Lipinski definition) is 9. The number of nitrogens with zero attached hydrogens (tertiary/aromatic N) is 8. The quantitative estimate of drug-likeness (QED) is 0.296. The van der Waals surface area contributed by atoms with Crippen LogP contribution in [0, 0.1) is 13.8 Å². The summed E-state index contributed by atoms with van der Waals surface area (Å²) < 4.78 is 16.5. The maximum Gasteiger partial charge on any atom is 0.324 e. The summed E-state index contributed by atoms with van der Waals surface area (Å²) in [5.74, 6) is 1.36. The van der Waals surface area contributed by atoms with E-state index in [-0.39, 0.29) is 18.7 Å². The number of benzene rings is 1. The first kappa shape index (κ1) is 26.4. The molecule has 0 unspecified atom stereocenters. The number of esters is 1. The number of nitrogens with one attached hydrogen (secondary N) is 1. The number of carbonyl (C=O) groups is 1. The van der Waals surface area contributed by atoms with Crippen LogP contribution in [0.2, 0.25) is 0 Å². The molecule has 1 N–H and O–H groups in total. The Morgan fingerprint density at radius 1 is 1.02 bits per heavy atom. The number of hydrogen-bond donors (Lipinski definition) is 1. The summed E-state index contributed by atoms with van der Waals surface area (Å²) in [7, 11) is 0. The standard InChI is InChI=1S/C30H33N9O3/c1-20-5-3-6-22(15-20)23-8-10-37(33-23)27-18-29(36-11-13-41-14-12-36)39-28(32-27)17-26(35-39)25-16-21(2)38(34-25)19-42-30(40)24-7-4-9-31-24/h3,5-6,8,10,15-18,24,31H,4,7,9,11-14,19H2,1-2H3/t24-/m0/s1. The average molecular weight is 568 g/mol. The molecule has 1 atom stereocenters. The molecule has 0 saturated carbocycles. The zero-order valence-corrected chi connectivity index (χ0v) is 23.7. The molecule has 0 aliphatic carbocycles. The lowest BCUT2D eigenvalue weighted by Crippen LogP contribution is -2.37. The third-order valence-corrected chi connectivity index (χ3v) is 7.79. The lowest BCUT2D eigenvalue weighted by molar-refractivity contribution is -0.150. The highest BCUT2D eigenvalue weighted by atomic mass is 16.5. The molecule has 0 amide bonds. The summed E-state index contributed by atoms with van der Waals surface area (Å²) in [5.41, 5.74) is 6.05. The van der Waals surface area contributed by atoms with Gasteiger partial charge in [0, 0.05) is 42.7 Å². The van der Waals surface area contributed by atoms with E-state index in [4.69, 9.17) is 29.8 Å². The molecule has 0 bridgehead atoms. The summed E-state index contributed by atoms with van der Waals surface area (Å²) in [4.78, 5) is 19.6. The second kappa shape index (κ2) is 11.0. The van der Waals surface area contributed by atoms with Crippen LogP contribution in [0.25, 0.3) is 34.1 Å². The summed E-state index contributed by atoms with van der Waals surface area (Å²) in [6.45, 7) is 7.69. The number of morpholine rings is 1. The zero-order valence-electron chi connectivity index (χ0n) is 23.7. The summed E-state index contributed by atoms with van der Waals surface area (Å²) in [6, 6.07) is 16.0. The maximum absolute atomic E-state index is 12.4. The van der Waals surface area contributed by atoms with Crippen molar-refractivity contribution in [3.63, 3.8) is 0 Å². The van der Waals surface area contributed by atoms with E-state index in [2.05, 4.69) is 35.3 Å². The van der Waals surface area contributed by atoms with Crippen molar-refractivity contribution >= 4 is 17.4 Å². The van der Waals surface area contributed by atoms with E-state index >= 15 is 0 Å². The Morgan fingerprint density at radius 2 is 1.88 bits per heavy atom. The number of aromatic nitrogens is 7. The fraction of sp³-hybridized carbons (Fsp3) is 0.367. The second-order valence-corrected chi connectivity index (χ2v) is 10.8. The number of anilines is 1. The fourth-order valence-electron chi connectivity index (χ4n) is 5.49. The molecule has 42 heavy (non-hydrogen) atoms. The molecule has 2 aliphatic heterocycles. The fourth-order valence-corrected chi connectivity index (χ4v) is 5.49. The zero-order chi connectivity index (χ0) is 28.6. The average Bonchev–Trinajstić information content (AvgIpc) is 3.82. The molecular formula is C30H33N9O3. The molecule has 1 aromatic carbocycles. The van der Waals surface area contributed by atoms with Crippen LogP contribution in [0.5, 0.6) is 0 Å². The minimum atomic E-state index is -0.243. The van der Waals surface area contributed by atoms with Crippen LogP contribution >= 0.6 is 0 Å². The van der Waals surface area contributed by atoms with Crippen molar-refractivity contribution in [2.24, 2.45) is 0 Å². The van der Waals surface area contributed by atoms with Crippen molar-refractivity contribution in [2.45, 2.75) is 39.5 Å². The van der Waals surface area contributed by atoms with Gasteiger partial charge in [0.15, 0.2) is 18.2 Å². The highest BCUT2D eigenvalue weighted by Crippen LogP contribution is 2.26. The van der Waals surface area contributed by atoms with E-state index in [0.717, 1.165) is 55.2 Å². The molecule has 12 heteroatoms. The van der Waals surface area contributed by atoms with Crippen molar-refractivity contribution in [1.82, 2.24) is 39.5 Å². The topological polar surface area (TPSA) is 117 Å². The van der Waals surface area contributed by atoms with Gasteiger partial charge in [-0.15, -0.1) is 0 Å². The van der Waals surface area contributed by atoms with E-state index < -0.39 is 0 Å². The number of rotatable bonds is 7. The lowest BCUT2D eigenvalue weighted by atomic mass is 10.1. The summed E-state index contributed by atoms with van der Waals surface area (Å²) >= 11 is 0. The first-order chi connectivity index (χ1) is 20.5. The number of aryl methyl sites for hydroxylation is 2. The predicted molar refractivity (Wildman–Crippen MR) is 156 cm³/mol. The van der Waals surface area contributed by atoms with Gasteiger partial charge in [-0.25, -0.2) is 14.3 Å². The molecule has 0 spiro atoms. The molecular weight excluding hydrogens is 534 g/mol. The van der Waals surface area contributed by atoms with Crippen LogP contribution in [0.1, 0.15) is 24.1 Å². The van der Waals surface area contributed by atoms with E-state index in [1.54, 1.807) is 9.36 Å². The van der Waals surface area contributed by atoms with Crippen molar-refractivity contribution in [3.05, 3.63) is 66.0 Å². The van der Waals surface area contributed by atoms with Crippen molar-refractivity contribution < 1.29 is 14.3 Å². The monoisotopic (exact) mass is 567 g/mol. The van der Waals surface area contributed by atoms with Gasteiger partial charge >= 0.3 is 5.97 Å². The van der Waals surface area contributed by atoms with Gasteiger partial charge < -0.3 is 19.7 Å². The van der Waals surface area contributed by atoms with Gasteiger partial charge in [-0.1, -0.05) is 23.8 Å². The molecule has 12 nitrogen and oxygen atoms in total. The summed E-state index contributed by atoms with van der Waals surface area (Å²) in [5, 5.41) is 17.6. The van der Waals surface area contributed by atoms with Gasteiger partial charge in [0.05, 0.1) is 18.9 Å². The lowest BCUT2D eigenvalue weighted by Gasteiger charge is -2.29. The highest BCUT2D eigenvalue weighted by Gasteiger charge is 2.24. The Balaban J connectivity index is 1.22. The Hall–Kier alpha value is -4.55. The normalized spacial score (nSPS) is 17.3. The van der Waals surface area contributed by atoms with Crippen molar-refractivity contribution in [3.8, 4) is 28.5 Å². The predicted octanol–water partition coefficient (Wildman–Crippen LogP) is 3.15. The number of fused-ring (bicyclic) bond motifs is 1. The third kappa shape index (κ3) is 5.14. The van der Waals surface area contributed by atoms with Gasteiger partial charge in [0.1, 0.15) is 23.2 Å².